The molecule has 1 aliphatic rings. The number of fused-ring (bicyclic) bond motifs is 1. The molecule has 1 heterocycles. The zero-order valence-electron chi connectivity index (χ0n) is 15.2. The molecule has 0 bridgehead atoms. The Bertz CT molecular complexity index is 818. The maximum atomic E-state index is 12.2. The van der Waals surface area contributed by atoms with E-state index < -0.39 is 12.1 Å². The van der Waals surface area contributed by atoms with Crippen LogP contribution in [0.1, 0.15) is 28.4 Å². The van der Waals surface area contributed by atoms with Gasteiger partial charge in [0, 0.05) is 13.7 Å². The van der Waals surface area contributed by atoms with Crippen molar-refractivity contribution in [3.63, 3.8) is 0 Å². The van der Waals surface area contributed by atoms with E-state index in [0.717, 1.165) is 11.1 Å². The van der Waals surface area contributed by atoms with Crippen LogP contribution in [0.25, 0.3) is 0 Å². The number of benzene rings is 2. The van der Waals surface area contributed by atoms with Crippen molar-refractivity contribution in [1.82, 2.24) is 5.32 Å². The van der Waals surface area contributed by atoms with Crippen LogP contribution in [0, 0.1) is 0 Å². The van der Waals surface area contributed by atoms with Crippen molar-refractivity contribution < 1.29 is 28.5 Å². The number of methoxy groups -OCH3 is 1. The van der Waals surface area contributed by atoms with E-state index in [4.69, 9.17) is 18.9 Å². The molecule has 1 atom stereocenters. The van der Waals surface area contributed by atoms with Crippen LogP contribution in [0.4, 0.5) is 0 Å². The van der Waals surface area contributed by atoms with Crippen molar-refractivity contribution in [3.8, 4) is 11.5 Å². The highest BCUT2D eigenvalue weighted by Crippen LogP contribution is 2.32. The Morgan fingerprint density at radius 3 is 2.52 bits per heavy atom. The quantitative estimate of drug-likeness (QED) is 0.753. The van der Waals surface area contributed by atoms with E-state index >= 15 is 0 Å². The molecule has 0 aliphatic carbocycles. The molecule has 1 N–H and O–H groups in total. The number of carbonyl (C=O) groups is 2. The van der Waals surface area contributed by atoms with Gasteiger partial charge < -0.3 is 24.3 Å². The fourth-order valence-electron chi connectivity index (χ4n) is 2.57. The van der Waals surface area contributed by atoms with E-state index in [0.29, 0.717) is 30.2 Å². The summed E-state index contributed by atoms with van der Waals surface area (Å²) in [6.45, 7) is 2.49. The maximum absolute atomic E-state index is 12.2. The summed E-state index contributed by atoms with van der Waals surface area (Å²) < 4.78 is 20.8. The lowest BCUT2D eigenvalue weighted by molar-refractivity contribution is -0.129. The van der Waals surface area contributed by atoms with Gasteiger partial charge in [0.1, 0.15) is 0 Å². The number of amides is 1. The highest BCUT2D eigenvalue weighted by Gasteiger charge is 2.19. The maximum Gasteiger partial charge on any atom is 0.338 e. The second-order valence-corrected chi connectivity index (χ2v) is 6.08. The molecular formula is C20H21NO6. The van der Waals surface area contributed by atoms with Gasteiger partial charge in [-0.1, -0.05) is 18.2 Å². The topological polar surface area (TPSA) is 83.1 Å². The Balaban J connectivity index is 1.50. The predicted molar refractivity (Wildman–Crippen MR) is 96.4 cm³/mol. The minimum Gasteiger partial charge on any atom is -0.454 e. The van der Waals surface area contributed by atoms with Gasteiger partial charge in [-0.05, 0) is 42.3 Å². The Morgan fingerprint density at radius 1 is 1.07 bits per heavy atom. The van der Waals surface area contributed by atoms with Crippen LogP contribution in [0.3, 0.4) is 0 Å². The van der Waals surface area contributed by atoms with Crippen molar-refractivity contribution in [3.05, 3.63) is 59.2 Å². The van der Waals surface area contributed by atoms with Gasteiger partial charge in [0.05, 0.1) is 12.2 Å². The van der Waals surface area contributed by atoms with Gasteiger partial charge in [-0.2, -0.15) is 0 Å². The molecule has 2 aromatic carbocycles. The fraction of sp³-hybridized carbons (Fsp3) is 0.300. The van der Waals surface area contributed by atoms with Crippen LogP contribution in [0.15, 0.2) is 42.5 Å². The predicted octanol–water partition coefficient (Wildman–Crippen LogP) is 2.42. The molecule has 27 heavy (non-hydrogen) atoms. The average molecular weight is 371 g/mol. The first-order chi connectivity index (χ1) is 13.1. The highest BCUT2D eigenvalue weighted by molar-refractivity contribution is 5.92. The number of rotatable bonds is 7. The molecule has 1 amide bonds. The first-order valence-corrected chi connectivity index (χ1v) is 8.52. The number of esters is 1. The standard InChI is InChI=1S/C20H21NO6/c1-13(27-20(23)16-6-3-14(4-7-16)11-24-2)19(22)21-10-15-5-8-17-18(9-15)26-12-25-17/h3-9,13H,10-12H2,1-2H3,(H,21,22)/t13-/m1/s1. The number of ether oxygens (including phenoxy) is 4. The largest absolute Gasteiger partial charge is 0.454 e. The van der Waals surface area contributed by atoms with E-state index in [9.17, 15) is 9.59 Å². The Labute approximate surface area is 157 Å². The van der Waals surface area contributed by atoms with E-state index in [2.05, 4.69) is 5.32 Å². The van der Waals surface area contributed by atoms with Crippen LogP contribution in [0.2, 0.25) is 0 Å². The lowest BCUT2D eigenvalue weighted by Gasteiger charge is -2.14. The molecule has 2 aromatic rings. The molecule has 3 rings (SSSR count). The van der Waals surface area contributed by atoms with E-state index in [1.54, 1.807) is 43.5 Å². The van der Waals surface area contributed by atoms with Crippen molar-refractivity contribution >= 4 is 11.9 Å². The molecule has 0 saturated carbocycles. The van der Waals surface area contributed by atoms with Gasteiger partial charge in [-0.15, -0.1) is 0 Å². The monoisotopic (exact) mass is 371 g/mol. The lowest BCUT2D eigenvalue weighted by Crippen LogP contribution is -2.35. The van der Waals surface area contributed by atoms with Gasteiger partial charge >= 0.3 is 5.97 Å². The van der Waals surface area contributed by atoms with Crippen molar-refractivity contribution in [1.29, 1.82) is 0 Å². The molecule has 142 valence electrons. The zero-order valence-corrected chi connectivity index (χ0v) is 15.2. The molecule has 1 aliphatic heterocycles. The third-order valence-electron chi connectivity index (χ3n) is 4.06. The molecule has 0 radical (unpaired) electrons. The Morgan fingerprint density at radius 2 is 1.78 bits per heavy atom. The molecular weight excluding hydrogens is 350 g/mol. The van der Waals surface area contributed by atoms with Crippen molar-refractivity contribution in [2.45, 2.75) is 26.2 Å². The van der Waals surface area contributed by atoms with Crippen LogP contribution >= 0.6 is 0 Å². The molecule has 0 unspecified atom stereocenters. The lowest BCUT2D eigenvalue weighted by atomic mass is 10.1. The second-order valence-electron chi connectivity index (χ2n) is 6.08. The summed E-state index contributed by atoms with van der Waals surface area (Å²) >= 11 is 0. The Hall–Kier alpha value is -3.06. The summed E-state index contributed by atoms with van der Waals surface area (Å²) in [7, 11) is 1.60. The van der Waals surface area contributed by atoms with E-state index in [1.807, 2.05) is 6.07 Å². The van der Waals surface area contributed by atoms with Gasteiger partial charge in [0.25, 0.3) is 5.91 Å². The summed E-state index contributed by atoms with van der Waals surface area (Å²) in [6, 6.07) is 12.3. The second kappa shape index (κ2) is 8.55. The first kappa shape index (κ1) is 18.7. The van der Waals surface area contributed by atoms with Crippen LogP contribution in [0.5, 0.6) is 11.5 Å². The minimum absolute atomic E-state index is 0.199. The third-order valence-corrected chi connectivity index (χ3v) is 4.06. The number of carbonyl (C=O) groups excluding carboxylic acids is 2. The minimum atomic E-state index is -0.912. The third kappa shape index (κ3) is 4.77. The van der Waals surface area contributed by atoms with Gasteiger partial charge in [-0.3, -0.25) is 4.79 Å². The van der Waals surface area contributed by atoms with Crippen molar-refractivity contribution in [2.24, 2.45) is 0 Å². The normalized spacial score (nSPS) is 13.1. The SMILES string of the molecule is COCc1ccc(C(=O)O[C@H](C)C(=O)NCc2ccc3c(c2)OCO3)cc1. The summed E-state index contributed by atoms with van der Waals surface area (Å²) in [4.78, 5) is 24.4. The number of hydrogen-bond donors (Lipinski definition) is 1. The van der Waals surface area contributed by atoms with E-state index in [-0.39, 0.29) is 12.7 Å². The number of hydrogen-bond acceptors (Lipinski definition) is 6. The summed E-state index contributed by atoms with van der Waals surface area (Å²) in [6.07, 6.45) is -0.912. The molecule has 7 nitrogen and oxygen atoms in total. The van der Waals surface area contributed by atoms with Gasteiger partial charge in [-0.25, -0.2) is 4.79 Å². The van der Waals surface area contributed by atoms with Crippen molar-refractivity contribution in [2.75, 3.05) is 13.9 Å². The average Bonchev–Trinajstić information content (AvgIpc) is 3.14. The summed E-state index contributed by atoms with van der Waals surface area (Å²) in [5.41, 5.74) is 2.19. The zero-order chi connectivity index (χ0) is 19.2. The first-order valence-electron chi connectivity index (χ1n) is 8.52. The molecule has 0 saturated heterocycles. The molecule has 7 heteroatoms. The smallest absolute Gasteiger partial charge is 0.338 e. The molecule has 0 spiro atoms. The van der Waals surface area contributed by atoms with E-state index in [1.165, 1.54) is 6.92 Å². The fourth-order valence-corrected chi connectivity index (χ4v) is 2.57. The summed E-state index contributed by atoms with van der Waals surface area (Å²) in [5.74, 6) is 0.406. The van der Waals surface area contributed by atoms with Crippen LogP contribution in [-0.2, 0) is 27.4 Å². The van der Waals surface area contributed by atoms with Crippen LogP contribution < -0.4 is 14.8 Å². The number of nitrogens with one attached hydrogen (secondary N) is 1. The van der Waals surface area contributed by atoms with Crippen LogP contribution in [-0.4, -0.2) is 31.9 Å². The molecule has 0 aromatic heterocycles. The molecule has 0 fully saturated rings. The van der Waals surface area contributed by atoms with Gasteiger partial charge in [0.15, 0.2) is 17.6 Å². The Kier molecular flexibility index (Phi) is 5.93. The van der Waals surface area contributed by atoms with Gasteiger partial charge in [0.2, 0.25) is 6.79 Å². The summed E-state index contributed by atoms with van der Waals surface area (Å²) in [5, 5.41) is 2.74. The highest BCUT2D eigenvalue weighted by atomic mass is 16.7.